The number of aliphatic imine (C=N–C) groups is 1. The Morgan fingerprint density at radius 3 is 2.69 bits per heavy atom. The van der Waals surface area contributed by atoms with Gasteiger partial charge in [-0.15, -0.1) is 0 Å². The van der Waals surface area contributed by atoms with Gasteiger partial charge in [-0.2, -0.15) is 0 Å². The number of carbonyl (C=O) groups excluding carboxylic acids is 2. The molecule has 2 rings (SSSR count). The third-order valence-corrected chi connectivity index (χ3v) is 2.51. The van der Waals surface area contributed by atoms with Crippen LogP contribution in [0.1, 0.15) is 33.6 Å². The van der Waals surface area contributed by atoms with Crippen molar-refractivity contribution in [3.63, 3.8) is 0 Å². The van der Waals surface area contributed by atoms with Crippen molar-refractivity contribution in [3.05, 3.63) is 11.8 Å². The molecule has 1 aliphatic heterocycles. The number of ketones is 1. The van der Waals surface area contributed by atoms with Crippen LogP contribution in [0.2, 0.25) is 0 Å². The van der Waals surface area contributed by atoms with Gasteiger partial charge < -0.3 is 4.74 Å². The molecule has 1 heterocycles. The van der Waals surface area contributed by atoms with E-state index in [4.69, 9.17) is 4.74 Å². The van der Waals surface area contributed by atoms with Gasteiger partial charge in [0, 0.05) is 30.5 Å². The topological polar surface area (TPSA) is 55.7 Å². The summed E-state index contributed by atoms with van der Waals surface area (Å²) in [4.78, 5) is 27.0. The largest absolute Gasteiger partial charge is 0.455 e. The maximum atomic E-state index is 11.7. The van der Waals surface area contributed by atoms with E-state index in [1.54, 1.807) is 0 Å². The van der Waals surface area contributed by atoms with Crippen LogP contribution in [-0.4, -0.2) is 23.1 Å². The summed E-state index contributed by atoms with van der Waals surface area (Å²) in [7, 11) is 0. The zero-order valence-electron chi connectivity index (χ0n) is 9.74. The van der Waals surface area contributed by atoms with Gasteiger partial charge in [0.05, 0.1) is 0 Å². The molecular formula is C12H15NO3. The molecule has 1 aliphatic carbocycles. The summed E-state index contributed by atoms with van der Waals surface area (Å²) >= 11 is 0. The number of fused-ring (bicyclic) bond motifs is 1. The van der Waals surface area contributed by atoms with Gasteiger partial charge in [0.25, 0.3) is 0 Å². The quantitative estimate of drug-likeness (QED) is 0.632. The van der Waals surface area contributed by atoms with E-state index in [1.807, 2.05) is 20.8 Å². The molecule has 2 aliphatic rings. The number of hydrogen-bond donors (Lipinski definition) is 0. The summed E-state index contributed by atoms with van der Waals surface area (Å²) in [5.74, 6) is -0.155. The molecule has 0 spiro atoms. The first-order valence-electron chi connectivity index (χ1n) is 5.40. The Labute approximate surface area is 94.4 Å². The number of hydrogen-bond acceptors (Lipinski definition) is 4. The number of allylic oxidation sites excluding steroid dienone is 2. The van der Waals surface area contributed by atoms with Gasteiger partial charge in [-0.25, -0.2) is 9.79 Å². The van der Waals surface area contributed by atoms with E-state index in [9.17, 15) is 9.59 Å². The number of esters is 1. The molecule has 0 fully saturated rings. The summed E-state index contributed by atoms with van der Waals surface area (Å²) in [6.45, 7) is 5.47. The lowest BCUT2D eigenvalue weighted by atomic mass is 10.0. The lowest BCUT2D eigenvalue weighted by Gasteiger charge is -2.19. The Morgan fingerprint density at radius 1 is 1.44 bits per heavy atom. The van der Waals surface area contributed by atoms with Crippen molar-refractivity contribution in [2.24, 2.45) is 10.9 Å². The van der Waals surface area contributed by atoms with E-state index >= 15 is 0 Å². The predicted octanol–water partition coefficient (Wildman–Crippen LogP) is 1.65. The highest BCUT2D eigenvalue weighted by molar-refractivity contribution is 6.37. The Kier molecular flexibility index (Phi) is 2.45. The summed E-state index contributed by atoms with van der Waals surface area (Å²) in [5, 5.41) is 0. The van der Waals surface area contributed by atoms with E-state index in [0.717, 1.165) is 5.70 Å². The molecule has 0 saturated carbocycles. The first kappa shape index (κ1) is 11.0. The number of rotatable bonds is 1. The third-order valence-electron chi connectivity index (χ3n) is 2.51. The normalized spacial score (nSPS) is 23.9. The molecule has 1 atom stereocenters. The van der Waals surface area contributed by atoms with Crippen LogP contribution in [0.3, 0.4) is 0 Å². The zero-order valence-corrected chi connectivity index (χ0v) is 9.74. The molecular weight excluding hydrogens is 206 g/mol. The van der Waals surface area contributed by atoms with Crippen molar-refractivity contribution >= 4 is 17.5 Å². The minimum absolute atomic E-state index is 0.104. The summed E-state index contributed by atoms with van der Waals surface area (Å²) in [6.07, 6.45) is 2.54. The van der Waals surface area contributed by atoms with E-state index in [2.05, 4.69) is 4.99 Å². The van der Waals surface area contributed by atoms with Crippen molar-refractivity contribution in [1.82, 2.24) is 0 Å². The van der Waals surface area contributed by atoms with Crippen LogP contribution in [0.4, 0.5) is 0 Å². The molecule has 0 aromatic heterocycles. The van der Waals surface area contributed by atoms with E-state index in [0.29, 0.717) is 18.6 Å². The highest BCUT2D eigenvalue weighted by Gasteiger charge is 2.35. The SMILES string of the molecule is CC(C)(C)OC(=O)C1=NC2=CC(=O)CC2C1. The minimum Gasteiger partial charge on any atom is -0.455 e. The van der Waals surface area contributed by atoms with E-state index in [-0.39, 0.29) is 17.7 Å². The number of carbonyl (C=O) groups is 2. The molecule has 0 amide bonds. The van der Waals surface area contributed by atoms with E-state index in [1.165, 1.54) is 6.08 Å². The van der Waals surface area contributed by atoms with Gasteiger partial charge in [0.15, 0.2) is 5.78 Å². The maximum Gasteiger partial charge on any atom is 0.353 e. The average molecular weight is 221 g/mol. The first-order valence-corrected chi connectivity index (χ1v) is 5.40. The highest BCUT2D eigenvalue weighted by atomic mass is 16.6. The molecule has 0 bridgehead atoms. The number of nitrogens with zero attached hydrogens (tertiary/aromatic N) is 1. The molecule has 1 unspecified atom stereocenters. The molecule has 0 saturated heterocycles. The van der Waals surface area contributed by atoms with Crippen molar-refractivity contribution in [1.29, 1.82) is 0 Å². The van der Waals surface area contributed by atoms with Crippen LogP contribution in [-0.2, 0) is 14.3 Å². The Bertz CT molecular complexity index is 412. The fraction of sp³-hybridized carbons (Fsp3) is 0.583. The summed E-state index contributed by atoms with van der Waals surface area (Å²) < 4.78 is 5.23. The van der Waals surface area contributed by atoms with Crippen molar-refractivity contribution < 1.29 is 14.3 Å². The van der Waals surface area contributed by atoms with Crippen molar-refractivity contribution in [3.8, 4) is 0 Å². The molecule has 0 aromatic carbocycles. The smallest absolute Gasteiger partial charge is 0.353 e. The van der Waals surface area contributed by atoms with Crippen LogP contribution in [0.5, 0.6) is 0 Å². The fourth-order valence-electron chi connectivity index (χ4n) is 1.89. The van der Waals surface area contributed by atoms with Gasteiger partial charge in [-0.3, -0.25) is 4.79 Å². The van der Waals surface area contributed by atoms with Crippen molar-refractivity contribution in [2.45, 2.75) is 39.2 Å². The highest BCUT2D eigenvalue weighted by Crippen LogP contribution is 2.33. The fourth-order valence-corrected chi connectivity index (χ4v) is 1.89. The van der Waals surface area contributed by atoms with Crippen LogP contribution in [0.25, 0.3) is 0 Å². The lowest BCUT2D eigenvalue weighted by Crippen LogP contribution is -2.28. The molecule has 0 radical (unpaired) electrons. The molecule has 4 heteroatoms. The molecule has 0 N–H and O–H groups in total. The van der Waals surface area contributed by atoms with Crippen LogP contribution >= 0.6 is 0 Å². The average Bonchev–Trinajstić information content (AvgIpc) is 2.56. The van der Waals surface area contributed by atoms with Gasteiger partial charge in [-0.05, 0) is 20.8 Å². The standard InChI is InChI=1S/C12H15NO3/c1-12(2,3)16-11(15)10-5-7-4-8(14)6-9(7)13-10/h6-7H,4-5H2,1-3H3. The second-order valence-electron chi connectivity index (χ2n) is 5.20. The Balaban J connectivity index is 2.09. The maximum absolute atomic E-state index is 11.7. The van der Waals surface area contributed by atoms with Gasteiger partial charge in [0.1, 0.15) is 11.3 Å². The molecule has 16 heavy (non-hydrogen) atoms. The van der Waals surface area contributed by atoms with Gasteiger partial charge in [0.2, 0.25) is 0 Å². The first-order chi connectivity index (χ1) is 7.35. The minimum atomic E-state index is -0.499. The van der Waals surface area contributed by atoms with Gasteiger partial charge in [-0.1, -0.05) is 0 Å². The Hall–Kier alpha value is -1.45. The van der Waals surface area contributed by atoms with Crippen LogP contribution in [0, 0.1) is 5.92 Å². The zero-order chi connectivity index (χ0) is 11.9. The van der Waals surface area contributed by atoms with Gasteiger partial charge >= 0.3 is 5.97 Å². The summed E-state index contributed by atoms with van der Waals surface area (Å²) in [5.41, 5.74) is 0.686. The van der Waals surface area contributed by atoms with Crippen LogP contribution < -0.4 is 0 Å². The third kappa shape index (κ3) is 2.21. The van der Waals surface area contributed by atoms with Crippen molar-refractivity contribution in [2.75, 3.05) is 0 Å². The second kappa shape index (κ2) is 3.54. The predicted molar refractivity (Wildman–Crippen MR) is 59.1 cm³/mol. The molecule has 0 aromatic rings. The number of ether oxygens (including phenoxy) is 1. The Morgan fingerprint density at radius 2 is 2.12 bits per heavy atom. The summed E-state index contributed by atoms with van der Waals surface area (Å²) in [6, 6.07) is 0. The second-order valence-corrected chi connectivity index (χ2v) is 5.20. The monoisotopic (exact) mass is 221 g/mol. The molecule has 4 nitrogen and oxygen atoms in total. The molecule has 86 valence electrons. The lowest BCUT2D eigenvalue weighted by molar-refractivity contribution is -0.146. The van der Waals surface area contributed by atoms with Crippen LogP contribution in [0.15, 0.2) is 16.8 Å². The van der Waals surface area contributed by atoms with E-state index < -0.39 is 5.60 Å².